The van der Waals surface area contributed by atoms with Crippen molar-refractivity contribution in [2.24, 2.45) is 17.3 Å². The van der Waals surface area contributed by atoms with E-state index in [-0.39, 0.29) is 5.60 Å². The molecule has 2 aliphatic heterocycles. The molecule has 1 aliphatic carbocycles. The van der Waals surface area contributed by atoms with Gasteiger partial charge in [-0.1, -0.05) is 20.8 Å². The SMILES string of the molecule is CC1CC(C)(C)CCC1(O)C1CCOC2(CCSCC2)C1. The maximum absolute atomic E-state index is 11.4. The molecule has 2 saturated heterocycles. The van der Waals surface area contributed by atoms with Gasteiger partial charge in [0.1, 0.15) is 0 Å². The first-order chi connectivity index (χ1) is 9.85. The fraction of sp³-hybridized carbons (Fsp3) is 1.00. The van der Waals surface area contributed by atoms with Crippen molar-refractivity contribution in [3.8, 4) is 0 Å². The van der Waals surface area contributed by atoms with Crippen molar-refractivity contribution in [3.63, 3.8) is 0 Å². The second-order valence-corrected chi connectivity index (χ2v) is 9.82. The lowest BCUT2D eigenvalue weighted by Gasteiger charge is -2.53. The number of hydrogen-bond acceptors (Lipinski definition) is 3. The minimum atomic E-state index is -0.448. The van der Waals surface area contributed by atoms with Crippen molar-refractivity contribution < 1.29 is 9.84 Å². The molecular weight excluding hydrogens is 280 g/mol. The first-order valence-electron chi connectivity index (χ1n) is 8.79. The third-order valence-corrected chi connectivity index (χ3v) is 7.50. The van der Waals surface area contributed by atoms with Crippen molar-refractivity contribution >= 4 is 11.8 Å². The van der Waals surface area contributed by atoms with Crippen molar-refractivity contribution in [1.82, 2.24) is 0 Å². The highest BCUT2D eigenvalue weighted by Gasteiger charge is 2.51. The van der Waals surface area contributed by atoms with Gasteiger partial charge < -0.3 is 9.84 Å². The van der Waals surface area contributed by atoms with Crippen molar-refractivity contribution in [3.05, 3.63) is 0 Å². The van der Waals surface area contributed by atoms with Gasteiger partial charge in [0.25, 0.3) is 0 Å². The molecule has 122 valence electrons. The summed E-state index contributed by atoms with van der Waals surface area (Å²) in [6, 6.07) is 0. The largest absolute Gasteiger partial charge is 0.389 e. The van der Waals surface area contributed by atoms with Gasteiger partial charge in [-0.3, -0.25) is 0 Å². The summed E-state index contributed by atoms with van der Waals surface area (Å²) in [5, 5.41) is 11.4. The number of ether oxygens (including phenoxy) is 1. The van der Waals surface area contributed by atoms with Crippen molar-refractivity contribution in [2.45, 2.75) is 76.9 Å². The van der Waals surface area contributed by atoms with Gasteiger partial charge in [-0.15, -0.1) is 0 Å². The van der Waals surface area contributed by atoms with Gasteiger partial charge >= 0.3 is 0 Å². The third-order valence-electron chi connectivity index (χ3n) is 6.52. The Hall–Kier alpha value is 0.270. The molecule has 0 aromatic heterocycles. The minimum Gasteiger partial charge on any atom is -0.389 e. The van der Waals surface area contributed by atoms with Gasteiger partial charge in [0.05, 0.1) is 11.2 Å². The Morgan fingerprint density at radius 2 is 1.76 bits per heavy atom. The maximum atomic E-state index is 11.4. The number of rotatable bonds is 1. The summed E-state index contributed by atoms with van der Waals surface area (Å²) in [4.78, 5) is 0. The van der Waals surface area contributed by atoms with E-state index in [1.54, 1.807) is 0 Å². The van der Waals surface area contributed by atoms with Crippen LogP contribution in [0.25, 0.3) is 0 Å². The Morgan fingerprint density at radius 3 is 2.43 bits per heavy atom. The van der Waals surface area contributed by atoms with Crippen LogP contribution in [0.15, 0.2) is 0 Å². The number of hydrogen-bond donors (Lipinski definition) is 1. The van der Waals surface area contributed by atoms with Crippen LogP contribution in [0.4, 0.5) is 0 Å². The van der Waals surface area contributed by atoms with Crippen LogP contribution in [0, 0.1) is 17.3 Å². The summed E-state index contributed by atoms with van der Waals surface area (Å²) in [5.41, 5.74) is 0.0451. The summed E-state index contributed by atoms with van der Waals surface area (Å²) in [6.07, 6.45) is 7.81. The van der Waals surface area contributed by atoms with Gasteiger partial charge in [0.15, 0.2) is 0 Å². The van der Waals surface area contributed by atoms with E-state index >= 15 is 0 Å². The average molecular weight is 313 g/mol. The van der Waals surface area contributed by atoms with Crippen LogP contribution in [0.5, 0.6) is 0 Å². The lowest BCUT2D eigenvalue weighted by atomic mass is 9.59. The minimum absolute atomic E-state index is 0.0938. The highest BCUT2D eigenvalue weighted by atomic mass is 32.2. The standard InChI is InChI=1S/C18H32O2S/c1-14-12-16(2,3)5-6-18(14,19)15-4-9-20-17(13-15)7-10-21-11-8-17/h14-15,19H,4-13H2,1-3H3. The fourth-order valence-corrected chi connectivity index (χ4v) is 6.28. The van der Waals surface area contributed by atoms with Gasteiger partial charge in [-0.05, 0) is 73.7 Å². The average Bonchev–Trinajstić information content (AvgIpc) is 2.44. The Labute approximate surface area is 134 Å². The third kappa shape index (κ3) is 3.16. The van der Waals surface area contributed by atoms with Crippen molar-refractivity contribution in [1.29, 1.82) is 0 Å². The van der Waals surface area contributed by atoms with E-state index in [0.29, 0.717) is 17.3 Å². The lowest BCUT2D eigenvalue weighted by Crippen LogP contribution is -2.55. The Kier molecular flexibility index (Phi) is 4.40. The summed E-state index contributed by atoms with van der Waals surface area (Å²) in [6.45, 7) is 7.84. The van der Waals surface area contributed by atoms with Crippen molar-refractivity contribution in [2.75, 3.05) is 18.1 Å². The van der Waals surface area contributed by atoms with Gasteiger partial charge in [0, 0.05) is 6.61 Å². The van der Waals surface area contributed by atoms with Crippen LogP contribution >= 0.6 is 11.8 Å². The lowest BCUT2D eigenvalue weighted by molar-refractivity contribution is -0.178. The van der Waals surface area contributed by atoms with Gasteiger partial charge in [-0.25, -0.2) is 0 Å². The van der Waals surface area contributed by atoms with E-state index < -0.39 is 5.60 Å². The van der Waals surface area contributed by atoms with Crippen LogP contribution in [0.3, 0.4) is 0 Å². The smallest absolute Gasteiger partial charge is 0.0703 e. The molecule has 0 aromatic carbocycles. The zero-order valence-electron chi connectivity index (χ0n) is 14.0. The summed E-state index contributed by atoms with van der Waals surface area (Å²) < 4.78 is 6.22. The highest BCUT2D eigenvalue weighted by Crippen LogP contribution is 2.52. The summed E-state index contributed by atoms with van der Waals surface area (Å²) in [5.74, 6) is 3.32. The normalized spacial score (nSPS) is 42.9. The van der Waals surface area contributed by atoms with E-state index in [1.165, 1.54) is 24.3 Å². The maximum Gasteiger partial charge on any atom is 0.0703 e. The second-order valence-electron chi connectivity index (χ2n) is 8.59. The van der Waals surface area contributed by atoms with Gasteiger partial charge in [0.2, 0.25) is 0 Å². The number of thioether (sulfide) groups is 1. The Morgan fingerprint density at radius 1 is 1.05 bits per heavy atom. The second kappa shape index (κ2) is 5.72. The molecule has 0 radical (unpaired) electrons. The predicted molar refractivity (Wildman–Crippen MR) is 89.7 cm³/mol. The fourth-order valence-electron chi connectivity index (χ4n) is 5.05. The molecule has 3 unspecified atom stereocenters. The van der Waals surface area contributed by atoms with Crippen LogP contribution in [-0.4, -0.2) is 34.4 Å². The van der Waals surface area contributed by atoms with E-state index in [0.717, 1.165) is 38.7 Å². The quantitative estimate of drug-likeness (QED) is 0.784. The molecule has 1 saturated carbocycles. The molecule has 0 bridgehead atoms. The molecule has 1 spiro atoms. The molecule has 21 heavy (non-hydrogen) atoms. The summed E-state index contributed by atoms with van der Waals surface area (Å²) >= 11 is 2.06. The molecule has 3 fully saturated rings. The molecule has 3 rings (SSSR count). The Bertz CT molecular complexity index is 370. The van der Waals surface area contributed by atoms with Crippen LogP contribution in [0.2, 0.25) is 0 Å². The van der Waals surface area contributed by atoms with Crippen LogP contribution in [-0.2, 0) is 4.74 Å². The molecule has 3 atom stereocenters. The van der Waals surface area contributed by atoms with Crippen LogP contribution in [0.1, 0.15) is 65.7 Å². The molecule has 0 amide bonds. The summed E-state index contributed by atoms with van der Waals surface area (Å²) in [7, 11) is 0. The number of aliphatic hydroxyl groups is 1. The molecule has 2 nitrogen and oxygen atoms in total. The van der Waals surface area contributed by atoms with Gasteiger partial charge in [-0.2, -0.15) is 11.8 Å². The topological polar surface area (TPSA) is 29.5 Å². The molecule has 0 aromatic rings. The van der Waals surface area contributed by atoms with Crippen LogP contribution < -0.4 is 0 Å². The Balaban J connectivity index is 1.73. The first kappa shape index (κ1) is 16.1. The zero-order valence-corrected chi connectivity index (χ0v) is 14.8. The molecule has 3 heteroatoms. The first-order valence-corrected chi connectivity index (χ1v) is 9.95. The highest BCUT2D eigenvalue weighted by molar-refractivity contribution is 7.99. The van der Waals surface area contributed by atoms with E-state index in [1.807, 2.05) is 0 Å². The van der Waals surface area contributed by atoms with E-state index in [9.17, 15) is 5.11 Å². The van der Waals surface area contributed by atoms with E-state index in [2.05, 4.69) is 32.5 Å². The molecule has 3 aliphatic rings. The zero-order chi connectivity index (χ0) is 15.1. The van der Waals surface area contributed by atoms with E-state index in [4.69, 9.17) is 4.74 Å². The predicted octanol–water partition coefficient (Wildman–Crippen LogP) is 4.26. The molecule has 1 N–H and O–H groups in total. The monoisotopic (exact) mass is 312 g/mol. The molecular formula is C18H32O2S. The molecule has 2 heterocycles.